The van der Waals surface area contributed by atoms with Crippen molar-refractivity contribution in [2.45, 2.75) is 117 Å². The molecule has 380 valence electrons. The molecule has 10 rings (SSSR count). The van der Waals surface area contributed by atoms with Gasteiger partial charge in [0.05, 0.1) is 0 Å². The molecule has 0 amide bonds. The van der Waals surface area contributed by atoms with Crippen LogP contribution in [0, 0.1) is 18.8 Å². The third-order valence-corrected chi connectivity index (χ3v) is 15.0. The van der Waals surface area contributed by atoms with Crippen LogP contribution in [0.4, 0.5) is 11.4 Å². The Morgan fingerprint density at radius 1 is 0.500 bits per heavy atom. The Bertz CT molecular complexity index is 3510. The van der Waals surface area contributed by atoms with Gasteiger partial charge in [0.2, 0.25) is 0 Å². The summed E-state index contributed by atoms with van der Waals surface area (Å²) in [4.78, 5) is 9.58. The van der Waals surface area contributed by atoms with Crippen LogP contribution in [0.3, 0.4) is 0 Å². The SMILES string of the molecule is CC(C)(C)c1cc(Oc2[c-]c3c(c(C(C)(C)c4ccccc4)c2)c2ccccc2n3-c2cc(C(C)(C)C)ccn2)[c-]c(N2C=C(c3ccccc3)N(c3cc(C(C)(C)C)cc(C(C)(C)c4ccccc4)c3)[CH-]2)c1.[Pt]. The summed E-state index contributed by atoms with van der Waals surface area (Å²) in [5.41, 5.74) is 13.6. The fraction of sp³-hybridized carbons (Fsp3) is 0.265. The third-order valence-electron chi connectivity index (χ3n) is 15.0. The molecule has 7 aromatic carbocycles. The predicted octanol–water partition coefficient (Wildman–Crippen LogP) is 17.6. The Morgan fingerprint density at radius 3 is 1.69 bits per heavy atom. The van der Waals surface area contributed by atoms with Gasteiger partial charge in [0.15, 0.2) is 0 Å². The number of hydrogen-bond acceptors (Lipinski definition) is 4. The normalized spacial score (nSPS) is 13.6. The first-order valence-electron chi connectivity index (χ1n) is 25.8. The van der Waals surface area contributed by atoms with E-state index < -0.39 is 5.41 Å². The van der Waals surface area contributed by atoms with Crippen molar-refractivity contribution in [1.29, 1.82) is 0 Å². The van der Waals surface area contributed by atoms with E-state index in [2.05, 4.69) is 293 Å². The first-order chi connectivity index (χ1) is 34.6. The summed E-state index contributed by atoms with van der Waals surface area (Å²) in [5.74, 6) is 2.06. The van der Waals surface area contributed by atoms with Gasteiger partial charge in [0.1, 0.15) is 5.82 Å². The van der Waals surface area contributed by atoms with Crippen LogP contribution >= 0.6 is 0 Å². The van der Waals surface area contributed by atoms with Gasteiger partial charge in [-0.2, -0.15) is 0 Å². The molecular weight excluding hydrogens is 1080 g/mol. The number of nitrogens with zero attached hydrogens (tertiary/aromatic N) is 4. The molecule has 0 fully saturated rings. The number of para-hydroxylation sites is 1. The Morgan fingerprint density at radius 2 is 1.05 bits per heavy atom. The number of fused-ring (bicyclic) bond motifs is 3. The van der Waals surface area contributed by atoms with Crippen molar-refractivity contribution in [3.8, 4) is 17.3 Å². The number of rotatable bonds is 10. The van der Waals surface area contributed by atoms with E-state index in [1.165, 1.54) is 27.8 Å². The summed E-state index contributed by atoms with van der Waals surface area (Å²) in [6, 6.07) is 66.7. The monoisotopic (exact) mass is 1150 g/mol. The van der Waals surface area contributed by atoms with Crippen molar-refractivity contribution in [3.63, 3.8) is 0 Å². The second-order valence-electron chi connectivity index (χ2n) is 24.0. The maximum atomic E-state index is 7.21. The Hall–Kier alpha value is -6.68. The molecular formula is C68H69N4OPt-3. The number of aromatic nitrogens is 2. The molecule has 1 aliphatic heterocycles. The molecule has 0 aliphatic carbocycles. The minimum Gasteiger partial charge on any atom is -0.509 e. The number of pyridine rings is 1. The first kappa shape index (κ1) is 52.2. The summed E-state index contributed by atoms with van der Waals surface area (Å²) < 4.78 is 9.48. The summed E-state index contributed by atoms with van der Waals surface area (Å²) in [6.45, 7) is 31.9. The molecule has 5 nitrogen and oxygen atoms in total. The molecule has 0 atom stereocenters. The van der Waals surface area contributed by atoms with Gasteiger partial charge in [-0.3, -0.25) is 0 Å². The minimum absolute atomic E-state index is 0. The second kappa shape index (κ2) is 19.5. The molecule has 0 saturated heterocycles. The second-order valence-corrected chi connectivity index (χ2v) is 24.0. The van der Waals surface area contributed by atoms with Crippen molar-refractivity contribution in [1.82, 2.24) is 9.55 Å². The molecule has 9 aromatic rings. The van der Waals surface area contributed by atoms with Crippen molar-refractivity contribution in [2.75, 3.05) is 9.80 Å². The van der Waals surface area contributed by atoms with E-state index in [0.29, 0.717) is 11.5 Å². The summed E-state index contributed by atoms with van der Waals surface area (Å²) in [7, 11) is 0. The Labute approximate surface area is 455 Å². The molecule has 3 heterocycles. The Balaban J connectivity index is 0.00000672. The molecule has 0 N–H and O–H groups in total. The van der Waals surface area contributed by atoms with E-state index in [-0.39, 0.29) is 42.7 Å². The zero-order valence-corrected chi connectivity index (χ0v) is 47.6. The molecule has 1 aliphatic rings. The maximum Gasteiger partial charge on any atom is 0.135 e. The maximum absolute atomic E-state index is 7.21. The largest absolute Gasteiger partial charge is 0.509 e. The van der Waals surface area contributed by atoms with Crippen LogP contribution in [0.2, 0.25) is 0 Å². The van der Waals surface area contributed by atoms with Gasteiger partial charge in [-0.25, -0.2) is 4.98 Å². The van der Waals surface area contributed by atoms with Crippen LogP contribution in [-0.2, 0) is 48.1 Å². The van der Waals surface area contributed by atoms with Gasteiger partial charge < -0.3 is 19.1 Å². The molecule has 6 heteroatoms. The summed E-state index contributed by atoms with van der Waals surface area (Å²) in [6.07, 6.45) is 4.17. The minimum atomic E-state index is -0.419. The van der Waals surface area contributed by atoms with Crippen LogP contribution in [-0.4, -0.2) is 9.55 Å². The van der Waals surface area contributed by atoms with E-state index in [0.717, 1.165) is 61.4 Å². The van der Waals surface area contributed by atoms with Crippen molar-refractivity contribution < 1.29 is 25.8 Å². The molecule has 2 aromatic heterocycles. The van der Waals surface area contributed by atoms with Crippen LogP contribution < -0.4 is 14.5 Å². The van der Waals surface area contributed by atoms with Crippen molar-refractivity contribution in [3.05, 3.63) is 239 Å². The van der Waals surface area contributed by atoms with Gasteiger partial charge in [-0.15, -0.1) is 53.8 Å². The zero-order valence-electron chi connectivity index (χ0n) is 45.3. The summed E-state index contributed by atoms with van der Waals surface area (Å²) in [5, 5.41) is 2.27. The van der Waals surface area contributed by atoms with Gasteiger partial charge in [0, 0.05) is 61.1 Å². The van der Waals surface area contributed by atoms with E-state index in [9.17, 15) is 0 Å². The van der Waals surface area contributed by atoms with Crippen LogP contribution in [0.1, 0.15) is 135 Å². The number of anilines is 2. The smallest absolute Gasteiger partial charge is 0.135 e. The fourth-order valence-electron chi connectivity index (χ4n) is 10.2. The van der Waals surface area contributed by atoms with E-state index in [4.69, 9.17) is 9.72 Å². The molecule has 0 unspecified atom stereocenters. The van der Waals surface area contributed by atoms with E-state index in [1.54, 1.807) is 0 Å². The predicted molar refractivity (Wildman–Crippen MR) is 306 cm³/mol. The Kier molecular flexibility index (Phi) is 13.8. The van der Waals surface area contributed by atoms with Crippen LogP contribution in [0.5, 0.6) is 11.5 Å². The van der Waals surface area contributed by atoms with Gasteiger partial charge >= 0.3 is 0 Å². The first-order valence-corrected chi connectivity index (χ1v) is 25.8. The number of benzene rings is 7. The zero-order chi connectivity index (χ0) is 51.7. The molecule has 0 radical (unpaired) electrons. The topological polar surface area (TPSA) is 33.5 Å². The molecule has 0 spiro atoms. The van der Waals surface area contributed by atoms with Crippen molar-refractivity contribution >= 4 is 38.9 Å². The third kappa shape index (κ3) is 10.0. The number of ether oxygens (including phenoxy) is 1. The standard InChI is InChI=1S/C68H69N4O.Pt/c1-64(2,3)49-33-34-69-62(40-49)72-59-32-24-23-31-57(59)63-58(68(12,13)48-29-21-16-22-30-48)42-56(43-60(63)72)73-55-39-51(66(7,8)9)36-53(41-55)70-44-61(46-25-17-14-18-26-46)71(45-70)54-37-50(65(4,5)6)35-52(38-54)67(10,11)47-27-19-15-20-28-47;/h14-40,42,44-45H,1-13H3;/q-3;. The number of hydrogen-bond donors (Lipinski definition) is 0. The van der Waals surface area contributed by atoms with E-state index in [1.807, 2.05) is 6.20 Å². The van der Waals surface area contributed by atoms with Crippen molar-refractivity contribution in [2.24, 2.45) is 0 Å². The van der Waals surface area contributed by atoms with Crippen LogP contribution in [0.15, 0.2) is 176 Å². The quantitative estimate of drug-likeness (QED) is 0.128. The summed E-state index contributed by atoms with van der Waals surface area (Å²) >= 11 is 0. The van der Waals surface area contributed by atoms with Gasteiger partial charge in [-0.1, -0.05) is 216 Å². The van der Waals surface area contributed by atoms with Gasteiger partial charge in [-0.05, 0) is 97.0 Å². The molecule has 0 saturated carbocycles. The molecule has 0 bridgehead atoms. The van der Waals surface area contributed by atoms with Crippen LogP contribution in [0.25, 0.3) is 33.3 Å². The average molecular weight is 1150 g/mol. The van der Waals surface area contributed by atoms with Gasteiger partial charge in [0.25, 0.3) is 0 Å². The van der Waals surface area contributed by atoms with E-state index >= 15 is 0 Å². The molecule has 74 heavy (non-hydrogen) atoms. The average Bonchev–Trinajstić information content (AvgIpc) is 3.97. The fourth-order valence-corrected chi connectivity index (χ4v) is 10.2.